The molecular weight excluding hydrogens is 392 g/mol. The number of ether oxygens (including phenoxy) is 3. The first kappa shape index (κ1) is 22.4. The minimum atomic E-state index is -0.714. The summed E-state index contributed by atoms with van der Waals surface area (Å²) in [5.41, 5.74) is 1.46. The van der Waals surface area contributed by atoms with Gasteiger partial charge in [0.25, 0.3) is 11.6 Å². The van der Waals surface area contributed by atoms with Gasteiger partial charge in [0, 0.05) is 18.2 Å². The number of methoxy groups -OCH3 is 1. The van der Waals surface area contributed by atoms with Crippen LogP contribution in [0.2, 0.25) is 0 Å². The smallest absolute Gasteiger partial charge is 0.331 e. The van der Waals surface area contributed by atoms with Gasteiger partial charge in [0.2, 0.25) is 0 Å². The summed E-state index contributed by atoms with van der Waals surface area (Å²) in [7, 11) is 1.52. The molecule has 0 spiro atoms. The number of amides is 1. The van der Waals surface area contributed by atoms with E-state index in [0.29, 0.717) is 29.2 Å². The van der Waals surface area contributed by atoms with Crippen molar-refractivity contribution < 1.29 is 28.7 Å². The Morgan fingerprint density at radius 2 is 1.93 bits per heavy atom. The first-order valence-corrected chi connectivity index (χ1v) is 9.04. The van der Waals surface area contributed by atoms with E-state index in [9.17, 15) is 19.7 Å². The molecule has 30 heavy (non-hydrogen) atoms. The fourth-order valence-electron chi connectivity index (χ4n) is 2.46. The lowest BCUT2D eigenvalue weighted by Gasteiger charge is -2.09. The molecular formula is C21H22N2O7. The van der Waals surface area contributed by atoms with Gasteiger partial charge in [-0.1, -0.05) is 12.1 Å². The SMILES string of the molecule is CCOc1ccc(/C=C/C(=O)OCC(=O)Nc2cc([N+](=O)[O-])ccc2C)cc1OC. The summed E-state index contributed by atoms with van der Waals surface area (Å²) in [6.45, 7) is 3.52. The zero-order valence-corrected chi connectivity index (χ0v) is 16.8. The second-order valence-corrected chi connectivity index (χ2v) is 6.09. The van der Waals surface area contributed by atoms with Crippen LogP contribution in [0.25, 0.3) is 6.08 Å². The van der Waals surface area contributed by atoms with Gasteiger partial charge in [-0.25, -0.2) is 4.79 Å². The Morgan fingerprint density at radius 1 is 1.17 bits per heavy atom. The number of anilines is 1. The third-order valence-electron chi connectivity index (χ3n) is 3.95. The number of nitrogens with one attached hydrogen (secondary N) is 1. The molecule has 0 aromatic heterocycles. The van der Waals surface area contributed by atoms with Crippen LogP contribution in [0.4, 0.5) is 11.4 Å². The number of nitro benzene ring substituents is 1. The molecule has 0 aliphatic carbocycles. The predicted octanol–water partition coefficient (Wildman–Crippen LogP) is 3.51. The number of benzene rings is 2. The summed E-state index contributed by atoms with van der Waals surface area (Å²) in [6, 6.07) is 9.28. The summed E-state index contributed by atoms with van der Waals surface area (Å²) >= 11 is 0. The summed E-state index contributed by atoms with van der Waals surface area (Å²) in [6.07, 6.45) is 2.70. The van der Waals surface area contributed by atoms with Crippen molar-refractivity contribution in [2.24, 2.45) is 0 Å². The van der Waals surface area contributed by atoms with E-state index in [-0.39, 0.29) is 11.4 Å². The van der Waals surface area contributed by atoms with Gasteiger partial charge in [0.05, 0.1) is 24.3 Å². The van der Waals surface area contributed by atoms with E-state index in [4.69, 9.17) is 14.2 Å². The highest BCUT2D eigenvalue weighted by Crippen LogP contribution is 2.28. The van der Waals surface area contributed by atoms with Gasteiger partial charge in [-0.2, -0.15) is 0 Å². The highest BCUT2D eigenvalue weighted by molar-refractivity contribution is 5.95. The van der Waals surface area contributed by atoms with Crippen molar-refractivity contribution in [3.63, 3.8) is 0 Å². The van der Waals surface area contributed by atoms with Gasteiger partial charge in [-0.15, -0.1) is 0 Å². The van der Waals surface area contributed by atoms with Crippen LogP contribution in [0.3, 0.4) is 0 Å². The Bertz CT molecular complexity index is 970. The van der Waals surface area contributed by atoms with E-state index in [1.165, 1.54) is 37.5 Å². The van der Waals surface area contributed by atoms with Crippen LogP contribution in [-0.4, -0.2) is 37.1 Å². The van der Waals surface area contributed by atoms with Gasteiger partial charge in [-0.05, 0) is 43.2 Å². The normalized spacial score (nSPS) is 10.5. The molecule has 0 saturated carbocycles. The first-order valence-electron chi connectivity index (χ1n) is 9.04. The maximum absolute atomic E-state index is 12.0. The number of hydrogen-bond acceptors (Lipinski definition) is 7. The van der Waals surface area contributed by atoms with Crippen LogP contribution in [0.5, 0.6) is 11.5 Å². The maximum atomic E-state index is 12.0. The zero-order valence-electron chi connectivity index (χ0n) is 16.8. The number of aryl methyl sites for hydroxylation is 1. The topological polar surface area (TPSA) is 117 Å². The molecule has 9 nitrogen and oxygen atoms in total. The van der Waals surface area contributed by atoms with Crippen LogP contribution < -0.4 is 14.8 Å². The van der Waals surface area contributed by atoms with Crippen LogP contribution in [0.15, 0.2) is 42.5 Å². The number of non-ortho nitro benzene ring substituents is 1. The molecule has 0 bridgehead atoms. The molecule has 2 rings (SSSR count). The van der Waals surface area contributed by atoms with E-state index < -0.39 is 23.4 Å². The second-order valence-electron chi connectivity index (χ2n) is 6.09. The number of carbonyl (C=O) groups is 2. The predicted molar refractivity (Wildman–Crippen MR) is 111 cm³/mol. The molecule has 2 aromatic carbocycles. The number of hydrogen-bond donors (Lipinski definition) is 1. The van der Waals surface area contributed by atoms with Crippen molar-refractivity contribution in [2.75, 3.05) is 25.6 Å². The Hall–Kier alpha value is -3.88. The second kappa shape index (κ2) is 10.6. The molecule has 0 fully saturated rings. The third kappa shape index (κ3) is 6.33. The molecule has 0 aliphatic heterocycles. The molecule has 158 valence electrons. The average Bonchev–Trinajstić information content (AvgIpc) is 2.73. The van der Waals surface area contributed by atoms with E-state index in [1.807, 2.05) is 6.92 Å². The fraction of sp³-hybridized carbons (Fsp3) is 0.238. The van der Waals surface area contributed by atoms with Crippen molar-refractivity contribution in [1.82, 2.24) is 0 Å². The minimum absolute atomic E-state index is 0.151. The molecule has 0 radical (unpaired) electrons. The van der Waals surface area contributed by atoms with E-state index in [1.54, 1.807) is 25.1 Å². The molecule has 9 heteroatoms. The number of nitro groups is 1. The van der Waals surface area contributed by atoms with Crippen LogP contribution in [0, 0.1) is 17.0 Å². The molecule has 0 heterocycles. The lowest BCUT2D eigenvalue weighted by Crippen LogP contribution is -2.20. The summed E-state index contributed by atoms with van der Waals surface area (Å²) in [4.78, 5) is 34.2. The lowest BCUT2D eigenvalue weighted by molar-refractivity contribution is -0.384. The van der Waals surface area contributed by atoms with E-state index in [0.717, 1.165) is 0 Å². The summed E-state index contributed by atoms with van der Waals surface area (Å²) < 4.78 is 15.6. The lowest BCUT2D eigenvalue weighted by atomic mass is 10.2. The molecule has 0 unspecified atom stereocenters. The van der Waals surface area contributed by atoms with Gasteiger partial charge in [-0.3, -0.25) is 14.9 Å². The quantitative estimate of drug-likeness (QED) is 0.289. The largest absolute Gasteiger partial charge is 0.493 e. The monoisotopic (exact) mass is 414 g/mol. The van der Waals surface area contributed by atoms with Crippen LogP contribution in [-0.2, 0) is 14.3 Å². The van der Waals surface area contributed by atoms with Crippen LogP contribution >= 0.6 is 0 Å². The molecule has 0 aliphatic rings. The van der Waals surface area contributed by atoms with Crippen molar-refractivity contribution in [3.8, 4) is 11.5 Å². The standard InChI is InChI=1S/C21H22N2O7/c1-4-29-18-9-6-15(11-19(18)28-3)7-10-21(25)30-13-20(24)22-17-12-16(23(26)27)8-5-14(17)2/h5-12H,4,13H2,1-3H3,(H,22,24)/b10-7+. The van der Waals surface area contributed by atoms with E-state index in [2.05, 4.69) is 5.32 Å². The summed E-state index contributed by atoms with van der Waals surface area (Å²) in [5.74, 6) is -0.205. The zero-order chi connectivity index (χ0) is 22.1. The molecule has 1 N–H and O–H groups in total. The Labute approximate surface area is 173 Å². The first-order chi connectivity index (χ1) is 14.3. The van der Waals surface area contributed by atoms with Crippen LogP contribution in [0.1, 0.15) is 18.1 Å². The van der Waals surface area contributed by atoms with Gasteiger partial charge >= 0.3 is 5.97 Å². The highest BCUT2D eigenvalue weighted by atomic mass is 16.6. The number of esters is 1. The minimum Gasteiger partial charge on any atom is -0.493 e. The molecule has 0 saturated heterocycles. The molecule has 1 amide bonds. The Kier molecular flexibility index (Phi) is 7.92. The van der Waals surface area contributed by atoms with Crippen molar-refractivity contribution in [2.45, 2.75) is 13.8 Å². The van der Waals surface area contributed by atoms with Gasteiger partial charge < -0.3 is 19.5 Å². The van der Waals surface area contributed by atoms with Crippen molar-refractivity contribution >= 4 is 29.3 Å². The average molecular weight is 414 g/mol. The summed E-state index contributed by atoms with van der Waals surface area (Å²) in [5, 5.41) is 13.3. The fourth-order valence-corrected chi connectivity index (χ4v) is 2.46. The number of nitrogens with zero attached hydrogens (tertiary/aromatic N) is 1. The van der Waals surface area contributed by atoms with Crippen molar-refractivity contribution in [1.29, 1.82) is 0 Å². The highest BCUT2D eigenvalue weighted by Gasteiger charge is 2.12. The Balaban J connectivity index is 1.92. The van der Waals surface area contributed by atoms with E-state index >= 15 is 0 Å². The number of carbonyl (C=O) groups excluding carboxylic acids is 2. The third-order valence-corrected chi connectivity index (χ3v) is 3.95. The van der Waals surface area contributed by atoms with Crippen molar-refractivity contribution in [3.05, 3.63) is 63.7 Å². The molecule has 2 aromatic rings. The Morgan fingerprint density at radius 3 is 2.60 bits per heavy atom. The van der Waals surface area contributed by atoms with Gasteiger partial charge in [0.1, 0.15) is 0 Å². The molecule has 0 atom stereocenters. The number of rotatable bonds is 9. The maximum Gasteiger partial charge on any atom is 0.331 e. The van der Waals surface area contributed by atoms with Gasteiger partial charge in [0.15, 0.2) is 18.1 Å².